The monoisotopic (exact) mass is 293 g/mol. The molecular formula is C14H13ClFN3O. The molecule has 2 rings (SSSR count). The zero-order valence-electron chi connectivity index (χ0n) is 10.6. The van der Waals surface area contributed by atoms with Crippen molar-refractivity contribution in [3.63, 3.8) is 0 Å². The number of amides is 2. The van der Waals surface area contributed by atoms with Crippen LogP contribution in [0.4, 0.5) is 14.9 Å². The quantitative estimate of drug-likeness (QED) is 0.850. The molecule has 0 aliphatic heterocycles. The van der Waals surface area contributed by atoms with Crippen LogP contribution in [0.3, 0.4) is 0 Å². The predicted octanol–water partition coefficient (Wildman–Crippen LogP) is 3.24. The van der Waals surface area contributed by atoms with Gasteiger partial charge in [0.2, 0.25) is 0 Å². The van der Waals surface area contributed by atoms with Gasteiger partial charge in [-0.2, -0.15) is 0 Å². The summed E-state index contributed by atoms with van der Waals surface area (Å²) in [5.74, 6) is -0.273. The average molecular weight is 294 g/mol. The Bertz CT molecular complexity index is 606. The van der Waals surface area contributed by atoms with Gasteiger partial charge in [-0.05, 0) is 30.2 Å². The largest absolute Gasteiger partial charge is 0.338 e. The van der Waals surface area contributed by atoms with E-state index < -0.39 is 6.03 Å². The third-order valence-electron chi connectivity index (χ3n) is 2.65. The SMILES string of the molecule is O=C(NCCc1ccccc1F)Nc1cccnc1Cl. The van der Waals surface area contributed by atoms with Gasteiger partial charge >= 0.3 is 6.03 Å². The van der Waals surface area contributed by atoms with E-state index >= 15 is 0 Å². The summed E-state index contributed by atoms with van der Waals surface area (Å²) in [4.78, 5) is 15.5. The Morgan fingerprint density at radius 3 is 2.80 bits per heavy atom. The Hall–Kier alpha value is -2.14. The van der Waals surface area contributed by atoms with Crippen LogP contribution in [-0.2, 0) is 6.42 Å². The van der Waals surface area contributed by atoms with Gasteiger partial charge in [-0.3, -0.25) is 0 Å². The Morgan fingerprint density at radius 2 is 2.05 bits per heavy atom. The van der Waals surface area contributed by atoms with E-state index in [0.29, 0.717) is 24.2 Å². The summed E-state index contributed by atoms with van der Waals surface area (Å²) in [5.41, 5.74) is 0.991. The summed E-state index contributed by atoms with van der Waals surface area (Å²) >= 11 is 5.82. The Labute approximate surface area is 121 Å². The summed E-state index contributed by atoms with van der Waals surface area (Å²) in [5, 5.41) is 5.42. The lowest BCUT2D eigenvalue weighted by Gasteiger charge is -2.08. The van der Waals surface area contributed by atoms with E-state index in [-0.39, 0.29) is 11.0 Å². The number of nitrogens with zero attached hydrogens (tertiary/aromatic N) is 1. The van der Waals surface area contributed by atoms with Crippen LogP contribution in [0.5, 0.6) is 0 Å². The van der Waals surface area contributed by atoms with Crippen LogP contribution < -0.4 is 10.6 Å². The van der Waals surface area contributed by atoms with Crippen LogP contribution >= 0.6 is 11.6 Å². The Balaban J connectivity index is 1.82. The van der Waals surface area contributed by atoms with Crippen molar-refractivity contribution in [2.24, 2.45) is 0 Å². The topological polar surface area (TPSA) is 54.0 Å². The van der Waals surface area contributed by atoms with E-state index in [0.717, 1.165) is 0 Å². The van der Waals surface area contributed by atoms with Crippen molar-refractivity contribution in [2.45, 2.75) is 6.42 Å². The van der Waals surface area contributed by atoms with E-state index in [1.54, 1.807) is 30.3 Å². The van der Waals surface area contributed by atoms with Crippen LogP contribution in [0.2, 0.25) is 5.15 Å². The van der Waals surface area contributed by atoms with Crippen molar-refractivity contribution in [3.05, 3.63) is 59.1 Å². The maximum absolute atomic E-state index is 13.4. The van der Waals surface area contributed by atoms with Crippen LogP contribution in [0.15, 0.2) is 42.6 Å². The summed E-state index contributed by atoms with van der Waals surface area (Å²) in [6, 6.07) is 9.37. The molecule has 2 amide bonds. The molecular weight excluding hydrogens is 281 g/mol. The lowest BCUT2D eigenvalue weighted by Crippen LogP contribution is -2.30. The third-order valence-corrected chi connectivity index (χ3v) is 2.95. The summed E-state index contributed by atoms with van der Waals surface area (Å²) in [6.45, 7) is 0.324. The van der Waals surface area contributed by atoms with E-state index in [1.165, 1.54) is 12.3 Å². The molecule has 2 N–H and O–H groups in total. The zero-order chi connectivity index (χ0) is 14.4. The van der Waals surface area contributed by atoms with E-state index in [2.05, 4.69) is 15.6 Å². The molecule has 0 radical (unpaired) electrons. The van der Waals surface area contributed by atoms with Gasteiger partial charge in [-0.25, -0.2) is 14.2 Å². The summed E-state index contributed by atoms with van der Waals surface area (Å²) in [6.07, 6.45) is 1.95. The van der Waals surface area contributed by atoms with E-state index in [4.69, 9.17) is 11.6 Å². The summed E-state index contributed by atoms with van der Waals surface area (Å²) < 4.78 is 13.4. The average Bonchev–Trinajstić information content (AvgIpc) is 2.43. The first kappa shape index (κ1) is 14.3. The van der Waals surface area contributed by atoms with Crippen molar-refractivity contribution < 1.29 is 9.18 Å². The van der Waals surface area contributed by atoms with Gasteiger partial charge in [0, 0.05) is 12.7 Å². The minimum absolute atomic E-state index is 0.219. The molecule has 2 aromatic rings. The number of benzene rings is 1. The fraction of sp³-hybridized carbons (Fsp3) is 0.143. The molecule has 1 heterocycles. The number of hydrogen-bond donors (Lipinski definition) is 2. The van der Waals surface area contributed by atoms with Crippen LogP contribution in [0.25, 0.3) is 0 Å². The Kier molecular flexibility index (Phi) is 4.90. The molecule has 0 aliphatic carbocycles. The molecule has 0 saturated carbocycles. The Morgan fingerprint density at radius 1 is 1.25 bits per heavy atom. The van der Waals surface area contributed by atoms with Crippen molar-refractivity contribution in [2.75, 3.05) is 11.9 Å². The minimum Gasteiger partial charge on any atom is -0.338 e. The maximum atomic E-state index is 13.4. The molecule has 6 heteroatoms. The fourth-order valence-electron chi connectivity index (χ4n) is 1.66. The molecule has 0 saturated heterocycles. The van der Waals surface area contributed by atoms with Crippen molar-refractivity contribution >= 4 is 23.3 Å². The number of carbonyl (C=O) groups is 1. The molecule has 0 atom stereocenters. The molecule has 104 valence electrons. The first-order valence-electron chi connectivity index (χ1n) is 6.05. The van der Waals surface area contributed by atoms with E-state index in [1.807, 2.05) is 0 Å². The first-order valence-corrected chi connectivity index (χ1v) is 6.43. The molecule has 20 heavy (non-hydrogen) atoms. The van der Waals surface area contributed by atoms with Crippen molar-refractivity contribution in [1.29, 1.82) is 0 Å². The molecule has 0 spiro atoms. The van der Waals surface area contributed by atoms with Gasteiger partial charge in [0.15, 0.2) is 5.15 Å². The fourth-order valence-corrected chi connectivity index (χ4v) is 1.82. The van der Waals surface area contributed by atoms with Gasteiger partial charge in [0.25, 0.3) is 0 Å². The van der Waals surface area contributed by atoms with Crippen LogP contribution in [0.1, 0.15) is 5.56 Å². The van der Waals surface area contributed by atoms with Crippen molar-refractivity contribution in [3.8, 4) is 0 Å². The number of pyridine rings is 1. The van der Waals surface area contributed by atoms with Gasteiger partial charge < -0.3 is 10.6 Å². The van der Waals surface area contributed by atoms with Gasteiger partial charge in [-0.1, -0.05) is 29.8 Å². The number of aromatic nitrogens is 1. The molecule has 0 bridgehead atoms. The smallest absolute Gasteiger partial charge is 0.319 e. The highest BCUT2D eigenvalue weighted by Gasteiger charge is 2.06. The number of halogens is 2. The lowest BCUT2D eigenvalue weighted by molar-refractivity contribution is 0.252. The number of rotatable bonds is 4. The predicted molar refractivity (Wildman–Crippen MR) is 76.4 cm³/mol. The normalized spacial score (nSPS) is 10.1. The molecule has 4 nitrogen and oxygen atoms in total. The van der Waals surface area contributed by atoms with Gasteiger partial charge in [0.05, 0.1) is 5.69 Å². The second-order valence-corrected chi connectivity index (χ2v) is 4.42. The number of hydrogen-bond acceptors (Lipinski definition) is 2. The number of nitrogens with one attached hydrogen (secondary N) is 2. The van der Waals surface area contributed by atoms with Gasteiger partial charge in [0.1, 0.15) is 5.82 Å². The molecule has 1 aromatic carbocycles. The molecule has 0 unspecified atom stereocenters. The highest BCUT2D eigenvalue weighted by Crippen LogP contribution is 2.16. The first-order chi connectivity index (χ1) is 9.66. The summed E-state index contributed by atoms with van der Waals surface area (Å²) in [7, 11) is 0. The lowest BCUT2D eigenvalue weighted by atomic mass is 10.1. The van der Waals surface area contributed by atoms with E-state index in [9.17, 15) is 9.18 Å². The van der Waals surface area contributed by atoms with Crippen LogP contribution in [0, 0.1) is 5.82 Å². The highest BCUT2D eigenvalue weighted by molar-refractivity contribution is 6.32. The maximum Gasteiger partial charge on any atom is 0.319 e. The third kappa shape index (κ3) is 3.93. The van der Waals surface area contributed by atoms with Crippen LogP contribution in [-0.4, -0.2) is 17.6 Å². The molecule has 0 aliphatic rings. The zero-order valence-corrected chi connectivity index (χ0v) is 11.3. The number of carbonyl (C=O) groups excluding carboxylic acids is 1. The second kappa shape index (κ2) is 6.86. The van der Waals surface area contributed by atoms with Gasteiger partial charge in [-0.15, -0.1) is 0 Å². The second-order valence-electron chi connectivity index (χ2n) is 4.06. The number of anilines is 1. The van der Waals surface area contributed by atoms with Crippen molar-refractivity contribution in [1.82, 2.24) is 10.3 Å². The molecule has 1 aromatic heterocycles. The number of urea groups is 1. The minimum atomic E-state index is -0.406. The standard InChI is InChI=1S/C14H13ClFN3O/c15-13-12(6-3-8-17-13)19-14(20)18-9-7-10-4-1-2-5-11(10)16/h1-6,8H,7,9H2,(H2,18,19,20). The highest BCUT2D eigenvalue weighted by atomic mass is 35.5. The molecule has 0 fully saturated rings.